The second-order valence-corrected chi connectivity index (χ2v) is 9.60. The lowest BCUT2D eigenvalue weighted by Gasteiger charge is -2.19. The van der Waals surface area contributed by atoms with E-state index in [0.717, 1.165) is 78.3 Å². The Morgan fingerprint density at radius 3 is 2.56 bits per heavy atom. The molecule has 0 aliphatic carbocycles. The van der Waals surface area contributed by atoms with E-state index in [-0.39, 0.29) is 24.3 Å². The third-order valence-corrected chi connectivity index (χ3v) is 6.99. The maximum atomic E-state index is 13.8. The number of pyridine rings is 1. The molecule has 0 radical (unpaired) electrons. The highest BCUT2D eigenvalue weighted by atomic mass is 19.4. The Hall–Kier alpha value is -3.95. The van der Waals surface area contributed by atoms with Crippen molar-refractivity contribution in [1.82, 2.24) is 19.5 Å². The number of halogens is 4. The molecule has 0 saturated carbocycles. The fourth-order valence-corrected chi connectivity index (χ4v) is 5.05. The molecule has 1 atom stereocenters. The molecule has 6 nitrogen and oxygen atoms in total. The van der Waals surface area contributed by atoms with Gasteiger partial charge in [0.2, 0.25) is 11.8 Å². The highest BCUT2D eigenvalue weighted by molar-refractivity contribution is 5.85. The molecular weight excluding hydrogens is 510 g/mol. The van der Waals surface area contributed by atoms with E-state index >= 15 is 0 Å². The molecule has 1 aliphatic heterocycles. The number of fused-ring (bicyclic) bond motifs is 1. The van der Waals surface area contributed by atoms with Crippen molar-refractivity contribution in [2.45, 2.75) is 51.7 Å². The number of alkyl halides is 3. The van der Waals surface area contributed by atoms with Crippen LogP contribution in [0.4, 0.5) is 23.5 Å². The SMILES string of the molecule is CCCCNc1nccc(-c2c(-c3ccc(F)cc3)c(C)c3n2C(COc2ccc(C(F)(F)F)cn2)CC3)n1. The number of ether oxygens (including phenoxy) is 1. The van der Waals surface area contributed by atoms with Gasteiger partial charge in [0.1, 0.15) is 12.4 Å². The minimum Gasteiger partial charge on any atom is -0.475 e. The van der Waals surface area contributed by atoms with E-state index in [9.17, 15) is 17.6 Å². The monoisotopic (exact) mass is 539 g/mol. The number of anilines is 1. The fraction of sp³-hybridized carbons (Fsp3) is 0.345. The number of unbranched alkanes of at least 4 members (excludes halogenated alkanes) is 1. The molecule has 5 rings (SSSR count). The van der Waals surface area contributed by atoms with Gasteiger partial charge in [-0.2, -0.15) is 13.2 Å². The number of nitrogens with one attached hydrogen (secondary N) is 1. The first-order valence-electron chi connectivity index (χ1n) is 13.0. The predicted octanol–water partition coefficient (Wildman–Crippen LogP) is 7.25. The number of nitrogens with zero attached hydrogens (tertiary/aromatic N) is 4. The van der Waals surface area contributed by atoms with Crippen LogP contribution in [-0.4, -0.2) is 32.7 Å². The number of rotatable bonds is 9. The minimum absolute atomic E-state index is 0.0987. The maximum absolute atomic E-state index is 13.8. The van der Waals surface area contributed by atoms with Crippen LogP contribution in [0.15, 0.2) is 54.9 Å². The van der Waals surface area contributed by atoms with Crippen molar-refractivity contribution < 1.29 is 22.3 Å². The van der Waals surface area contributed by atoms with Crippen LogP contribution in [0.1, 0.15) is 49.0 Å². The molecule has 0 amide bonds. The Bertz CT molecular complexity index is 1430. The van der Waals surface area contributed by atoms with Crippen molar-refractivity contribution in [3.63, 3.8) is 0 Å². The van der Waals surface area contributed by atoms with E-state index in [0.29, 0.717) is 5.95 Å². The Morgan fingerprint density at radius 1 is 1.08 bits per heavy atom. The van der Waals surface area contributed by atoms with Gasteiger partial charge >= 0.3 is 6.18 Å². The molecule has 10 heteroatoms. The summed E-state index contributed by atoms with van der Waals surface area (Å²) < 4.78 is 60.6. The van der Waals surface area contributed by atoms with Crippen LogP contribution in [-0.2, 0) is 12.6 Å². The van der Waals surface area contributed by atoms with Crippen LogP contribution in [0.5, 0.6) is 5.88 Å². The van der Waals surface area contributed by atoms with Crippen molar-refractivity contribution in [1.29, 1.82) is 0 Å². The highest BCUT2D eigenvalue weighted by Gasteiger charge is 2.33. The van der Waals surface area contributed by atoms with Gasteiger partial charge in [0.15, 0.2) is 0 Å². The summed E-state index contributed by atoms with van der Waals surface area (Å²) >= 11 is 0. The van der Waals surface area contributed by atoms with Gasteiger partial charge in [0.05, 0.1) is 23.0 Å². The molecule has 0 fully saturated rings. The van der Waals surface area contributed by atoms with E-state index < -0.39 is 11.7 Å². The van der Waals surface area contributed by atoms with Crippen LogP contribution in [0.3, 0.4) is 0 Å². The van der Waals surface area contributed by atoms with E-state index in [1.165, 1.54) is 18.2 Å². The largest absolute Gasteiger partial charge is 0.475 e. The van der Waals surface area contributed by atoms with Crippen LogP contribution < -0.4 is 10.1 Å². The zero-order chi connectivity index (χ0) is 27.6. The van der Waals surface area contributed by atoms with Crippen molar-refractivity contribution in [3.8, 4) is 28.4 Å². The van der Waals surface area contributed by atoms with E-state index in [4.69, 9.17) is 9.72 Å². The first kappa shape index (κ1) is 26.6. The molecule has 0 saturated heterocycles. The van der Waals surface area contributed by atoms with Gasteiger partial charge in [-0.1, -0.05) is 25.5 Å². The topological polar surface area (TPSA) is 64.9 Å². The molecule has 39 heavy (non-hydrogen) atoms. The average molecular weight is 540 g/mol. The molecule has 1 aromatic carbocycles. The van der Waals surface area contributed by atoms with Gasteiger partial charge in [-0.15, -0.1) is 0 Å². The quantitative estimate of drug-likeness (QED) is 0.179. The third kappa shape index (κ3) is 5.60. The minimum atomic E-state index is -4.46. The molecule has 3 aromatic heterocycles. The van der Waals surface area contributed by atoms with Crippen LogP contribution in [0.2, 0.25) is 0 Å². The van der Waals surface area contributed by atoms with E-state index in [1.54, 1.807) is 18.3 Å². The standard InChI is InChI=1S/C29H29F4N5O/c1-3-4-14-34-28-35-15-13-23(37-28)27-26(19-5-8-21(30)9-6-19)18(2)24-11-10-22(38(24)27)17-39-25-12-7-20(16-36-25)29(31,32)33/h5-9,12-13,15-16,22H,3-4,10-11,14,17H2,1-2H3,(H,34,35,37). The molecule has 1 unspecified atom stereocenters. The summed E-state index contributed by atoms with van der Waals surface area (Å²) in [5.41, 5.74) is 4.80. The molecular formula is C29H29F4N5O. The lowest BCUT2D eigenvalue weighted by atomic mass is 9.98. The molecule has 0 spiro atoms. The molecule has 204 valence electrons. The van der Waals surface area contributed by atoms with Crippen molar-refractivity contribution in [2.24, 2.45) is 0 Å². The number of hydrogen-bond acceptors (Lipinski definition) is 5. The van der Waals surface area contributed by atoms with Gasteiger partial charge < -0.3 is 14.6 Å². The predicted molar refractivity (Wildman–Crippen MR) is 141 cm³/mol. The molecule has 4 aromatic rings. The second-order valence-electron chi connectivity index (χ2n) is 9.60. The Morgan fingerprint density at radius 2 is 1.87 bits per heavy atom. The summed E-state index contributed by atoms with van der Waals surface area (Å²) in [4.78, 5) is 13.0. The van der Waals surface area contributed by atoms with Gasteiger partial charge in [-0.05, 0) is 61.6 Å². The summed E-state index contributed by atoms with van der Waals surface area (Å²) in [6, 6.07) is 10.4. The van der Waals surface area contributed by atoms with Gasteiger partial charge in [0, 0.05) is 36.3 Å². The zero-order valence-corrected chi connectivity index (χ0v) is 21.7. The first-order chi connectivity index (χ1) is 18.8. The second kappa shape index (κ2) is 11.0. The highest BCUT2D eigenvalue weighted by Crippen LogP contribution is 2.44. The molecule has 1 aliphatic rings. The average Bonchev–Trinajstić information content (AvgIpc) is 3.46. The number of hydrogen-bond donors (Lipinski definition) is 1. The lowest BCUT2D eigenvalue weighted by molar-refractivity contribution is -0.137. The number of aromatic nitrogens is 4. The van der Waals surface area contributed by atoms with Crippen molar-refractivity contribution in [3.05, 3.63) is 77.5 Å². The lowest BCUT2D eigenvalue weighted by Crippen LogP contribution is -2.16. The van der Waals surface area contributed by atoms with Crippen molar-refractivity contribution in [2.75, 3.05) is 18.5 Å². The van der Waals surface area contributed by atoms with Crippen LogP contribution in [0.25, 0.3) is 22.5 Å². The van der Waals surface area contributed by atoms with Gasteiger partial charge in [0.25, 0.3) is 0 Å². The fourth-order valence-electron chi connectivity index (χ4n) is 5.05. The summed E-state index contributed by atoms with van der Waals surface area (Å²) in [5, 5.41) is 3.28. The smallest absolute Gasteiger partial charge is 0.417 e. The van der Waals surface area contributed by atoms with E-state index in [1.807, 2.05) is 6.07 Å². The molecule has 0 bridgehead atoms. The van der Waals surface area contributed by atoms with Crippen LogP contribution in [0, 0.1) is 12.7 Å². The van der Waals surface area contributed by atoms with Crippen LogP contribution >= 0.6 is 0 Å². The van der Waals surface area contributed by atoms with E-state index in [2.05, 4.69) is 33.7 Å². The Balaban J connectivity index is 1.52. The van der Waals surface area contributed by atoms with Crippen molar-refractivity contribution >= 4 is 5.95 Å². The molecule has 4 heterocycles. The molecule has 1 N–H and O–H groups in total. The normalized spacial score (nSPS) is 14.9. The summed E-state index contributed by atoms with van der Waals surface area (Å²) in [6.45, 7) is 5.15. The summed E-state index contributed by atoms with van der Waals surface area (Å²) in [6.07, 6.45) is 1.66. The Kier molecular flexibility index (Phi) is 7.54. The summed E-state index contributed by atoms with van der Waals surface area (Å²) in [5.74, 6) is 0.341. The summed E-state index contributed by atoms with van der Waals surface area (Å²) in [7, 11) is 0. The zero-order valence-electron chi connectivity index (χ0n) is 21.7. The Labute approximate surface area is 224 Å². The maximum Gasteiger partial charge on any atom is 0.417 e. The third-order valence-electron chi connectivity index (χ3n) is 6.99. The first-order valence-corrected chi connectivity index (χ1v) is 13.0. The van der Waals surface area contributed by atoms with Gasteiger partial charge in [-0.25, -0.2) is 19.3 Å². The van der Waals surface area contributed by atoms with Gasteiger partial charge in [-0.3, -0.25) is 0 Å². The number of benzene rings is 1.